The summed E-state index contributed by atoms with van der Waals surface area (Å²) in [5.74, 6) is 0.656. The molecule has 1 aliphatic heterocycles. The first-order valence-corrected chi connectivity index (χ1v) is 8.08. The first kappa shape index (κ1) is 15.3. The summed E-state index contributed by atoms with van der Waals surface area (Å²) in [6.07, 6.45) is 10.5. The fourth-order valence-corrected chi connectivity index (χ4v) is 3.94. The monoisotopic (exact) mass is 269 g/mol. The van der Waals surface area contributed by atoms with Crippen LogP contribution in [0.25, 0.3) is 0 Å². The van der Waals surface area contributed by atoms with Crippen LogP contribution in [0.15, 0.2) is 0 Å². The van der Waals surface area contributed by atoms with Gasteiger partial charge in [-0.15, -0.1) is 0 Å². The minimum absolute atomic E-state index is 0.0226. The van der Waals surface area contributed by atoms with Gasteiger partial charge in [-0.3, -0.25) is 0 Å². The number of hydrogen-bond acceptors (Lipinski definition) is 3. The fraction of sp³-hybridized carbons (Fsp3) is 1.00. The summed E-state index contributed by atoms with van der Waals surface area (Å²) >= 11 is 0. The number of ether oxygens (including phenoxy) is 1. The van der Waals surface area contributed by atoms with Crippen LogP contribution in [0.5, 0.6) is 0 Å². The Bertz CT molecular complexity index is 253. The van der Waals surface area contributed by atoms with E-state index in [1.165, 1.54) is 25.7 Å². The predicted molar refractivity (Wildman–Crippen MR) is 78.3 cm³/mol. The van der Waals surface area contributed by atoms with Crippen molar-refractivity contribution in [1.29, 1.82) is 0 Å². The van der Waals surface area contributed by atoms with Crippen molar-refractivity contribution in [3.05, 3.63) is 0 Å². The van der Waals surface area contributed by atoms with E-state index in [4.69, 9.17) is 4.74 Å². The number of likely N-dealkylation sites (N-methyl/N-ethyl adjacent to an activating group) is 1. The van der Waals surface area contributed by atoms with Gasteiger partial charge in [0.1, 0.15) is 0 Å². The van der Waals surface area contributed by atoms with Crippen LogP contribution in [0.3, 0.4) is 0 Å². The maximum absolute atomic E-state index is 10.9. The molecule has 1 atom stereocenters. The number of aliphatic hydroxyl groups is 1. The van der Waals surface area contributed by atoms with Crippen LogP contribution >= 0.6 is 0 Å². The average molecular weight is 269 g/mol. The minimum atomic E-state index is -0.177. The standard InChI is InChI=1S/C16H31NO2/c1-17(2)16(9-5-3-4-6-10-16)15(18)13-14-7-11-19-12-8-14/h14-15,18H,3-13H2,1-2H3. The largest absolute Gasteiger partial charge is 0.391 e. The van der Waals surface area contributed by atoms with Crippen LogP contribution in [0.4, 0.5) is 0 Å². The van der Waals surface area contributed by atoms with Crippen molar-refractivity contribution in [2.45, 2.75) is 69.4 Å². The van der Waals surface area contributed by atoms with Crippen molar-refractivity contribution in [3.8, 4) is 0 Å². The van der Waals surface area contributed by atoms with E-state index in [0.29, 0.717) is 5.92 Å². The highest BCUT2D eigenvalue weighted by Crippen LogP contribution is 2.37. The van der Waals surface area contributed by atoms with E-state index in [-0.39, 0.29) is 11.6 Å². The lowest BCUT2D eigenvalue weighted by Crippen LogP contribution is -2.54. The first-order chi connectivity index (χ1) is 9.15. The molecule has 1 aliphatic carbocycles. The van der Waals surface area contributed by atoms with Crippen molar-refractivity contribution >= 4 is 0 Å². The highest BCUT2D eigenvalue weighted by atomic mass is 16.5. The maximum atomic E-state index is 10.9. The van der Waals surface area contributed by atoms with Gasteiger partial charge < -0.3 is 14.7 Å². The van der Waals surface area contributed by atoms with Crippen molar-refractivity contribution in [2.24, 2.45) is 5.92 Å². The molecule has 1 unspecified atom stereocenters. The Labute approximate surface area is 118 Å². The third-order valence-electron chi connectivity index (χ3n) is 5.38. The zero-order chi connectivity index (χ0) is 13.7. The highest BCUT2D eigenvalue weighted by Gasteiger charge is 2.40. The number of nitrogens with zero attached hydrogens (tertiary/aromatic N) is 1. The Morgan fingerprint density at radius 2 is 1.68 bits per heavy atom. The maximum Gasteiger partial charge on any atom is 0.0726 e. The van der Waals surface area contributed by atoms with Crippen LogP contribution < -0.4 is 0 Å². The SMILES string of the molecule is CN(C)C1(C(O)CC2CCOCC2)CCCCCC1. The normalized spacial score (nSPS) is 27.2. The zero-order valence-electron chi connectivity index (χ0n) is 12.7. The average Bonchev–Trinajstić information content (AvgIpc) is 2.66. The number of hydrogen-bond donors (Lipinski definition) is 1. The second kappa shape index (κ2) is 7.05. The van der Waals surface area contributed by atoms with E-state index < -0.39 is 0 Å². The van der Waals surface area contributed by atoms with Crippen molar-refractivity contribution in [3.63, 3.8) is 0 Å². The lowest BCUT2D eigenvalue weighted by molar-refractivity contribution is -0.0414. The van der Waals surface area contributed by atoms with Crippen molar-refractivity contribution < 1.29 is 9.84 Å². The molecule has 1 heterocycles. The predicted octanol–water partition coefficient (Wildman–Crippen LogP) is 2.82. The Kier molecular flexibility index (Phi) is 5.67. The van der Waals surface area contributed by atoms with E-state index in [9.17, 15) is 5.11 Å². The molecule has 0 bridgehead atoms. The van der Waals surface area contributed by atoms with Gasteiger partial charge in [-0.1, -0.05) is 25.7 Å². The summed E-state index contributed by atoms with van der Waals surface area (Å²) < 4.78 is 5.43. The molecule has 2 rings (SSSR count). The van der Waals surface area contributed by atoms with Gasteiger partial charge in [0.25, 0.3) is 0 Å². The smallest absolute Gasteiger partial charge is 0.0726 e. The van der Waals surface area contributed by atoms with Crippen LogP contribution in [0.1, 0.15) is 57.8 Å². The van der Waals surface area contributed by atoms with Gasteiger partial charge >= 0.3 is 0 Å². The molecule has 112 valence electrons. The summed E-state index contributed by atoms with van der Waals surface area (Å²) in [6.45, 7) is 1.76. The van der Waals surface area contributed by atoms with Gasteiger partial charge in [0.2, 0.25) is 0 Å². The molecule has 19 heavy (non-hydrogen) atoms. The Morgan fingerprint density at radius 1 is 1.11 bits per heavy atom. The lowest BCUT2D eigenvalue weighted by atomic mass is 9.78. The summed E-state index contributed by atoms with van der Waals surface area (Å²) in [6, 6.07) is 0. The molecular weight excluding hydrogens is 238 g/mol. The summed E-state index contributed by atoms with van der Waals surface area (Å²) in [5.41, 5.74) is 0.0226. The molecule has 1 saturated heterocycles. The van der Waals surface area contributed by atoms with Crippen molar-refractivity contribution in [1.82, 2.24) is 4.90 Å². The molecule has 0 aromatic heterocycles. The second-order valence-electron chi connectivity index (χ2n) is 6.72. The third kappa shape index (κ3) is 3.71. The molecule has 3 heteroatoms. The molecule has 1 N–H and O–H groups in total. The highest BCUT2D eigenvalue weighted by molar-refractivity contribution is 4.96. The molecule has 0 amide bonds. The second-order valence-corrected chi connectivity index (χ2v) is 6.72. The van der Waals surface area contributed by atoms with E-state index in [1.807, 2.05) is 0 Å². The van der Waals surface area contributed by atoms with Gasteiger partial charge in [0.15, 0.2) is 0 Å². The molecule has 0 spiro atoms. The summed E-state index contributed by atoms with van der Waals surface area (Å²) in [7, 11) is 4.30. The van der Waals surface area contributed by atoms with Crippen LogP contribution in [0.2, 0.25) is 0 Å². The van der Waals surface area contributed by atoms with E-state index in [2.05, 4.69) is 19.0 Å². The minimum Gasteiger partial charge on any atom is -0.391 e. The van der Waals surface area contributed by atoms with Gasteiger partial charge in [-0.2, -0.15) is 0 Å². The third-order valence-corrected chi connectivity index (χ3v) is 5.38. The topological polar surface area (TPSA) is 32.7 Å². The zero-order valence-corrected chi connectivity index (χ0v) is 12.7. The fourth-order valence-electron chi connectivity index (χ4n) is 3.94. The summed E-state index contributed by atoms with van der Waals surface area (Å²) in [5, 5.41) is 10.9. The molecule has 2 fully saturated rings. The van der Waals surface area contributed by atoms with Gasteiger partial charge in [0, 0.05) is 18.8 Å². The first-order valence-electron chi connectivity index (χ1n) is 8.08. The number of rotatable bonds is 4. The van der Waals surface area contributed by atoms with Crippen LogP contribution in [0, 0.1) is 5.92 Å². The lowest BCUT2D eigenvalue weighted by Gasteiger charge is -2.44. The molecule has 3 nitrogen and oxygen atoms in total. The Morgan fingerprint density at radius 3 is 2.21 bits per heavy atom. The van der Waals surface area contributed by atoms with E-state index >= 15 is 0 Å². The Hall–Kier alpha value is -0.120. The molecule has 2 aliphatic rings. The molecular formula is C16H31NO2. The van der Waals surface area contributed by atoms with Crippen molar-refractivity contribution in [2.75, 3.05) is 27.3 Å². The molecule has 0 aromatic carbocycles. The summed E-state index contributed by atoms with van der Waals surface area (Å²) in [4.78, 5) is 2.31. The number of aliphatic hydroxyl groups excluding tert-OH is 1. The van der Waals surface area contributed by atoms with E-state index in [1.54, 1.807) is 0 Å². The Balaban J connectivity index is 2.00. The van der Waals surface area contributed by atoms with Gasteiger partial charge in [-0.05, 0) is 52.1 Å². The molecule has 0 aromatic rings. The van der Waals surface area contributed by atoms with Crippen LogP contribution in [-0.4, -0.2) is 49.0 Å². The van der Waals surface area contributed by atoms with Gasteiger partial charge in [-0.25, -0.2) is 0 Å². The molecule has 0 radical (unpaired) electrons. The van der Waals surface area contributed by atoms with Crippen LogP contribution in [-0.2, 0) is 4.74 Å². The van der Waals surface area contributed by atoms with Gasteiger partial charge in [0.05, 0.1) is 6.10 Å². The molecule has 1 saturated carbocycles. The van der Waals surface area contributed by atoms with E-state index in [0.717, 1.165) is 45.3 Å². The quantitative estimate of drug-likeness (QED) is 0.797.